The summed E-state index contributed by atoms with van der Waals surface area (Å²) < 4.78 is 21.4. The smallest absolute Gasteiger partial charge is 0.408 e. The molecule has 4 atom stereocenters. The molecular weight excluding hydrogens is 975 g/mol. The number of unbranched alkanes of at least 4 members (excludes halogenated alkanes) is 1. The van der Waals surface area contributed by atoms with Crippen LogP contribution in [0.5, 0.6) is 0 Å². The maximum absolute atomic E-state index is 14.7. The molecule has 4 unspecified atom stereocenters. The minimum absolute atomic E-state index is 0.0177. The Hall–Kier alpha value is -7.62. The first kappa shape index (κ1) is 60.9. The Bertz CT molecular complexity index is 2490. The quantitative estimate of drug-likeness (QED) is 0.0330. The van der Waals surface area contributed by atoms with E-state index in [2.05, 4.69) is 43.7 Å². The Balaban J connectivity index is 1.66. The lowest BCUT2D eigenvalue weighted by molar-refractivity contribution is -0.153. The Kier molecular flexibility index (Phi) is 22.7. The second-order valence-corrected chi connectivity index (χ2v) is 21.6. The first-order valence-electron chi connectivity index (χ1n) is 25.6. The van der Waals surface area contributed by atoms with E-state index in [0.717, 1.165) is 5.56 Å². The molecule has 6 N–H and O–H groups in total. The highest BCUT2D eigenvalue weighted by Gasteiger charge is 2.46. The maximum Gasteiger partial charge on any atom is 0.408 e. The summed E-state index contributed by atoms with van der Waals surface area (Å²) in [5.74, 6) is 2.61. The van der Waals surface area contributed by atoms with E-state index < -0.39 is 94.4 Å². The number of esters is 1. The molecule has 1 heterocycles. The summed E-state index contributed by atoms with van der Waals surface area (Å²) in [5, 5.41) is 16.6. The molecule has 19 nitrogen and oxygen atoms in total. The summed E-state index contributed by atoms with van der Waals surface area (Å²) in [7, 11) is 1.20. The first-order chi connectivity index (χ1) is 35.7. The zero-order valence-corrected chi connectivity index (χ0v) is 45.6. The molecule has 76 heavy (non-hydrogen) atoms. The second-order valence-electron chi connectivity index (χ2n) is 21.6. The van der Waals surface area contributed by atoms with Gasteiger partial charge in [0.2, 0.25) is 23.6 Å². The third kappa shape index (κ3) is 21.7. The normalized spacial score (nSPS) is 14.8. The summed E-state index contributed by atoms with van der Waals surface area (Å²) in [5.41, 5.74) is -1.91. The molecule has 0 bridgehead atoms. The Morgan fingerprint density at radius 2 is 1.01 bits per heavy atom. The fourth-order valence-electron chi connectivity index (χ4n) is 8.01. The molecule has 1 aliphatic rings. The van der Waals surface area contributed by atoms with Crippen LogP contribution in [0.1, 0.15) is 118 Å². The van der Waals surface area contributed by atoms with Crippen molar-refractivity contribution in [3.8, 4) is 11.8 Å². The van der Waals surface area contributed by atoms with Crippen molar-refractivity contribution in [1.29, 1.82) is 0 Å². The first-order valence-corrected chi connectivity index (χ1v) is 25.6. The van der Waals surface area contributed by atoms with E-state index >= 15 is 0 Å². The van der Waals surface area contributed by atoms with Crippen molar-refractivity contribution in [3.63, 3.8) is 0 Å². The van der Waals surface area contributed by atoms with Gasteiger partial charge in [-0.3, -0.25) is 19.2 Å². The molecule has 0 spiro atoms. The molecule has 1 aliphatic heterocycles. The van der Waals surface area contributed by atoms with Gasteiger partial charge in [0.05, 0.1) is 7.11 Å². The standard InChI is InChI=1S/C57H77N7O12/c1-54(2,3)74-51(70)58-34-21-20-30-43(49(68)64-35-32-57(33-36-64,50(69)73-10)63-53(72)76-56(7,8)9)60-46(65)42(31-22-29-39-23-14-11-15-24-39)59-47(66)44(37-40-25-16-12-17-26-40)61-48(67)45(38-41-27-18-13-19-28-41)62-52(71)75-55(4,5)6/h11-19,23-28,42-45H,20-21,30-38H2,1-10H3,(H,58,70)(H,59,66)(H,60,65)(H,61,67)(H,62,71)(H,63,72). The third-order valence-corrected chi connectivity index (χ3v) is 11.6. The minimum atomic E-state index is -1.51. The van der Waals surface area contributed by atoms with Crippen molar-refractivity contribution in [2.75, 3.05) is 26.7 Å². The van der Waals surface area contributed by atoms with Crippen LogP contribution in [-0.4, -0.2) is 126 Å². The third-order valence-electron chi connectivity index (χ3n) is 11.6. The Labute approximate surface area is 447 Å². The van der Waals surface area contributed by atoms with Crippen LogP contribution in [0.4, 0.5) is 14.4 Å². The number of carbonyl (C=O) groups excluding carboxylic acids is 8. The zero-order chi connectivity index (χ0) is 56.1. The summed E-state index contributed by atoms with van der Waals surface area (Å²) >= 11 is 0. The molecule has 0 saturated carbocycles. The van der Waals surface area contributed by atoms with Crippen LogP contribution in [0.2, 0.25) is 0 Å². The van der Waals surface area contributed by atoms with Gasteiger partial charge in [0, 0.05) is 44.5 Å². The number of ether oxygens (including phenoxy) is 4. The molecule has 19 heteroatoms. The van der Waals surface area contributed by atoms with Crippen LogP contribution in [0, 0.1) is 11.8 Å². The maximum atomic E-state index is 14.7. The highest BCUT2D eigenvalue weighted by molar-refractivity contribution is 5.96. The van der Waals surface area contributed by atoms with E-state index in [0.29, 0.717) is 24.0 Å². The van der Waals surface area contributed by atoms with Gasteiger partial charge in [-0.2, -0.15) is 0 Å². The molecule has 3 aromatic rings. The SMILES string of the molecule is COC(=O)C1(NC(=O)OC(C)(C)C)CCN(C(=O)C(CCCCNC(=O)OC(C)(C)C)NC(=O)C(CC#Cc2ccccc2)NC(=O)C(Cc2ccccc2)NC(=O)C(Cc2ccccc2)NC(=O)OC(C)(C)C)CC1. The monoisotopic (exact) mass is 1050 g/mol. The summed E-state index contributed by atoms with van der Waals surface area (Å²) in [6.45, 7) is 15.5. The number of benzene rings is 3. The number of hydrogen-bond donors (Lipinski definition) is 6. The predicted octanol–water partition coefficient (Wildman–Crippen LogP) is 6.02. The van der Waals surface area contributed by atoms with Crippen molar-refractivity contribution in [3.05, 3.63) is 108 Å². The van der Waals surface area contributed by atoms with Gasteiger partial charge in [-0.15, -0.1) is 0 Å². The lowest BCUT2D eigenvalue weighted by atomic mass is 9.87. The molecule has 1 fully saturated rings. The summed E-state index contributed by atoms with van der Waals surface area (Å²) in [4.78, 5) is 112. The van der Waals surface area contributed by atoms with Crippen LogP contribution in [0.25, 0.3) is 0 Å². The number of hydrogen-bond acceptors (Lipinski definition) is 12. The van der Waals surface area contributed by atoms with Gasteiger partial charge in [0.25, 0.3) is 0 Å². The van der Waals surface area contributed by atoms with E-state index in [1.807, 2.05) is 12.1 Å². The molecule has 412 valence electrons. The largest absolute Gasteiger partial charge is 0.467 e. The predicted molar refractivity (Wildman–Crippen MR) is 285 cm³/mol. The van der Waals surface area contributed by atoms with Crippen molar-refractivity contribution in [2.24, 2.45) is 0 Å². The fraction of sp³-hybridized carbons (Fsp3) is 0.509. The highest BCUT2D eigenvalue weighted by atomic mass is 16.6. The second kappa shape index (κ2) is 28.3. The Morgan fingerprint density at radius 3 is 1.53 bits per heavy atom. The van der Waals surface area contributed by atoms with Gasteiger partial charge >= 0.3 is 24.2 Å². The van der Waals surface area contributed by atoms with Crippen LogP contribution in [-0.2, 0) is 55.8 Å². The summed E-state index contributed by atoms with van der Waals surface area (Å²) in [6.07, 6.45) is -1.72. The van der Waals surface area contributed by atoms with E-state index in [4.69, 9.17) is 18.9 Å². The van der Waals surface area contributed by atoms with Crippen LogP contribution < -0.4 is 31.9 Å². The van der Waals surface area contributed by atoms with E-state index in [1.165, 1.54) is 12.0 Å². The fourth-order valence-corrected chi connectivity index (χ4v) is 8.01. The molecular formula is C57H77N7O12. The molecule has 4 rings (SSSR count). The number of piperidine rings is 1. The number of rotatable bonds is 20. The van der Waals surface area contributed by atoms with Crippen molar-refractivity contribution < 1.29 is 57.3 Å². The van der Waals surface area contributed by atoms with Crippen molar-refractivity contribution in [2.45, 2.75) is 160 Å². The lowest BCUT2D eigenvalue weighted by Gasteiger charge is -2.41. The molecule has 1 saturated heterocycles. The number of methoxy groups -OCH3 is 1. The number of carbonyl (C=O) groups is 8. The van der Waals surface area contributed by atoms with Gasteiger partial charge in [0.15, 0.2) is 0 Å². The molecule has 3 aromatic carbocycles. The van der Waals surface area contributed by atoms with Crippen LogP contribution in [0.3, 0.4) is 0 Å². The molecule has 0 aromatic heterocycles. The topological polar surface area (TPSA) is 249 Å². The number of nitrogens with zero attached hydrogens (tertiary/aromatic N) is 1. The van der Waals surface area contributed by atoms with Gasteiger partial charge in [-0.25, -0.2) is 19.2 Å². The number of amides is 7. The van der Waals surface area contributed by atoms with Crippen LogP contribution >= 0.6 is 0 Å². The highest BCUT2D eigenvalue weighted by Crippen LogP contribution is 2.26. The molecule has 0 aliphatic carbocycles. The zero-order valence-electron chi connectivity index (χ0n) is 45.6. The van der Waals surface area contributed by atoms with Crippen molar-refractivity contribution in [1.82, 2.24) is 36.8 Å². The molecule has 7 amide bonds. The van der Waals surface area contributed by atoms with E-state index in [9.17, 15) is 38.4 Å². The van der Waals surface area contributed by atoms with Gasteiger partial charge in [0.1, 0.15) is 46.5 Å². The number of nitrogens with one attached hydrogen (secondary N) is 6. The van der Waals surface area contributed by atoms with E-state index in [-0.39, 0.29) is 58.2 Å². The number of likely N-dealkylation sites (tertiary alicyclic amines) is 1. The lowest BCUT2D eigenvalue weighted by Crippen LogP contribution is -2.63. The minimum Gasteiger partial charge on any atom is -0.467 e. The Morgan fingerprint density at radius 1 is 0.566 bits per heavy atom. The van der Waals surface area contributed by atoms with E-state index in [1.54, 1.807) is 141 Å². The van der Waals surface area contributed by atoms with Gasteiger partial charge in [-0.05, 0) is 118 Å². The average molecular weight is 1050 g/mol. The van der Waals surface area contributed by atoms with Crippen LogP contribution in [0.15, 0.2) is 91.0 Å². The van der Waals surface area contributed by atoms with Gasteiger partial charge in [-0.1, -0.05) is 90.7 Å². The number of alkyl carbamates (subject to hydrolysis) is 3. The van der Waals surface area contributed by atoms with Gasteiger partial charge < -0.3 is 55.7 Å². The van der Waals surface area contributed by atoms with Crippen molar-refractivity contribution >= 4 is 47.9 Å². The average Bonchev–Trinajstić information content (AvgIpc) is 3.34. The summed E-state index contributed by atoms with van der Waals surface area (Å²) in [6, 6.07) is 21.9. The molecule has 0 radical (unpaired) electrons.